The quantitative estimate of drug-likeness (QED) is 0.150. The van der Waals surface area contributed by atoms with Crippen LogP contribution in [0.1, 0.15) is 56.8 Å². The van der Waals surface area contributed by atoms with E-state index in [1.165, 1.54) is 11.3 Å². The summed E-state index contributed by atoms with van der Waals surface area (Å²) in [6.45, 7) is 15.6. The van der Waals surface area contributed by atoms with Gasteiger partial charge in [-0.2, -0.15) is 5.26 Å². The smallest absolute Gasteiger partial charge is 0.408 e. The molecule has 0 unspecified atom stereocenters. The van der Waals surface area contributed by atoms with Crippen molar-refractivity contribution in [2.75, 3.05) is 17.2 Å². The minimum Gasteiger partial charge on any atom is -0.543 e. The first-order valence-corrected chi connectivity index (χ1v) is 19.2. The Morgan fingerprint density at radius 1 is 0.958 bits per heavy atom. The van der Waals surface area contributed by atoms with Gasteiger partial charge in [0.15, 0.2) is 5.82 Å². The van der Waals surface area contributed by atoms with Crippen molar-refractivity contribution < 1.29 is 23.9 Å². The number of benzene rings is 2. The van der Waals surface area contributed by atoms with Crippen LogP contribution in [0.3, 0.4) is 0 Å². The third-order valence-corrected chi connectivity index (χ3v) is 13.5. The molecule has 4 aromatic rings. The van der Waals surface area contributed by atoms with E-state index in [-0.39, 0.29) is 23.0 Å². The van der Waals surface area contributed by atoms with Crippen LogP contribution in [0.5, 0.6) is 5.75 Å². The van der Waals surface area contributed by atoms with Crippen LogP contribution in [0.25, 0.3) is 22.4 Å². The fourth-order valence-corrected chi connectivity index (χ4v) is 6.24. The third kappa shape index (κ3) is 8.28. The van der Waals surface area contributed by atoms with Crippen LogP contribution in [0.2, 0.25) is 18.1 Å². The fraction of sp³-hybridized carbons (Fsp3) is 0.306. The van der Waals surface area contributed by atoms with Gasteiger partial charge in [-0.3, -0.25) is 14.5 Å². The molecule has 3 amide bonds. The van der Waals surface area contributed by atoms with E-state index in [0.717, 1.165) is 4.90 Å². The average Bonchev–Trinajstić information content (AvgIpc) is 3.54. The van der Waals surface area contributed by atoms with Crippen LogP contribution in [0.4, 0.5) is 16.3 Å². The summed E-state index contributed by atoms with van der Waals surface area (Å²) in [5.41, 5.74) is 1.99. The van der Waals surface area contributed by atoms with E-state index in [0.29, 0.717) is 38.7 Å². The van der Waals surface area contributed by atoms with E-state index in [1.807, 2.05) is 24.3 Å². The predicted molar refractivity (Wildman–Crippen MR) is 193 cm³/mol. The van der Waals surface area contributed by atoms with Gasteiger partial charge in [-0.25, -0.2) is 9.78 Å². The van der Waals surface area contributed by atoms with Gasteiger partial charge in [0, 0.05) is 22.4 Å². The summed E-state index contributed by atoms with van der Waals surface area (Å²) < 4.78 is 6.72. The Morgan fingerprint density at radius 3 is 2.27 bits per heavy atom. The summed E-state index contributed by atoms with van der Waals surface area (Å²) >= 11 is 1.27. The average molecular weight is 684 g/mol. The molecular weight excluding hydrogens is 643 g/mol. The van der Waals surface area contributed by atoms with Crippen molar-refractivity contribution in [3.63, 3.8) is 0 Å². The van der Waals surface area contributed by atoms with Crippen molar-refractivity contribution in [3.05, 3.63) is 82.6 Å². The van der Waals surface area contributed by atoms with Crippen molar-refractivity contribution in [1.29, 1.82) is 5.26 Å². The van der Waals surface area contributed by atoms with Crippen molar-refractivity contribution in [3.8, 4) is 34.2 Å². The Labute approximate surface area is 286 Å². The Morgan fingerprint density at radius 2 is 1.67 bits per heavy atom. The summed E-state index contributed by atoms with van der Waals surface area (Å²) in [4.78, 5) is 44.3. The molecule has 4 rings (SSSR count). The number of carbonyl (C=O) groups is 3. The number of carboxylic acid groups (broad SMARTS) is 1. The van der Waals surface area contributed by atoms with E-state index in [9.17, 15) is 24.8 Å². The monoisotopic (exact) mass is 683 g/mol. The van der Waals surface area contributed by atoms with Crippen molar-refractivity contribution >= 4 is 49.1 Å². The molecule has 3 N–H and O–H groups in total. The first-order valence-electron chi connectivity index (χ1n) is 15.4. The molecule has 0 fully saturated rings. The molecule has 12 heteroatoms. The number of rotatable bonds is 9. The third-order valence-electron chi connectivity index (χ3n) is 8.24. The first kappa shape index (κ1) is 35.9. The number of nitrogens with one attached hydrogen (secondary N) is 2. The molecule has 0 saturated heterocycles. The fourth-order valence-electron chi connectivity index (χ4n) is 4.59. The number of thiophene rings is 1. The van der Waals surface area contributed by atoms with Gasteiger partial charge >= 0.3 is 6.09 Å². The zero-order chi connectivity index (χ0) is 35.4. The van der Waals surface area contributed by atoms with E-state index in [2.05, 4.69) is 50.6 Å². The summed E-state index contributed by atoms with van der Waals surface area (Å²) in [6, 6.07) is 21.9. The number of para-hydroxylation sites is 1. The van der Waals surface area contributed by atoms with Crippen LogP contribution >= 0.6 is 11.3 Å². The second kappa shape index (κ2) is 14.0. The maximum absolute atomic E-state index is 13.2. The molecule has 2 heterocycles. The Balaban J connectivity index is 1.83. The summed E-state index contributed by atoms with van der Waals surface area (Å²) in [7, 11) is -2.26. The highest BCUT2D eigenvalue weighted by Crippen LogP contribution is 2.41. The van der Waals surface area contributed by atoms with Gasteiger partial charge in [-0.05, 0) is 86.2 Å². The van der Waals surface area contributed by atoms with E-state index in [4.69, 9.17) is 9.41 Å². The van der Waals surface area contributed by atoms with E-state index >= 15 is 0 Å². The van der Waals surface area contributed by atoms with Crippen LogP contribution in [0.15, 0.2) is 72.1 Å². The zero-order valence-corrected chi connectivity index (χ0v) is 30.3. The van der Waals surface area contributed by atoms with E-state index in [1.54, 1.807) is 68.6 Å². The van der Waals surface area contributed by atoms with Crippen molar-refractivity contribution in [2.24, 2.45) is 0 Å². The van der Waals surface area contributed by atoms with E-state index < -0.39 is 31.8 Å². The Hall–Kier alpha value is -4.99. The van der Waals surface area contributed by atoms with Crippen LogP contribution in [-0.4, -0.2) is 53.3 Å². The van der Waals surface area contributed by atoms with Gasteiger partial charge < -0.3 is 20.2 Å². The minimum absolute atomic E-state index is 0.0670. The maximum atomic E-state index is 13.2. The minimum atomic E-state index is -2.26. The van der Waals surface area contributed by atoms with Crippen molar-refractivity contribution in [2.45, 2.75) is 65.2 Å². The lowest BCUT2D eigenvalue weighted by Crippen LogP contribution is -2.48. The molecule has 0 bridgehead atoms. The molecule has 2 aromatic carbocycles. The molecule has 0 spiro atoms. The Kier molecular flexibility index (Phi) is 10.5. The zero-order valence-electron chi connectivity index (χ0n) is 28.5. The molecule has 250 valence electrons. The lowest BCUT2D eigenvalue weighted by Gasteiger charge is -2.37. The van der Waals surface area contributed by atoms with Gasteiger partial charge in [0.25, 0.3) is 14.2 Å². The molecule has 0 aliphatic carbocycles. The molecule has 0 atom stereocenters. The number of hydrogen-bond donors (Lipinski definition) is 3. The first-order chi connectivity index (χ1) is 22.4. The molecule has 0 saturated carbocycles. The topological polar surface area (TPSA) is 145 Å². The Bertz CT molecular complexity index is 1870. The van der Waals surface area contributed by atoms with Crippen LogP contribution < -0.4 is 15.1 Å². The second-order valence-corrected chi connectivity index (χ2v) is 19.5. The molecule has 0 aliphatic rings. The summed E-state index contributed by atoms with van der Waals surface area (Å²) in [5, 5.41) is 27.4. The second-order valence-electron chi connectivity index (χ2n) is 13.8. The molecular formula is C36H41N5O5SSi. The van der Waals surface area contributed by atoms with Gasteiger partial charge in [0.05, 0.1) is 10.6 Å². The molecule has 0 radical (unpaired) electrons. The largest absolute Gasteiger partial charge is 0.543 e. The highest BCUT2D eigenvalue weighted by atomic mass is 32.1. The number of nitrogens with zero attached hydrogens (tertiary/aromatic N) is 3. The lowest BCUT2D eigenvalue weighted by atomic mass is 9.97. The van der Waals surface area contributed by atoms with Gasteiger partial charge in [-0.1, -0.05) is 51.1 Å². The lowest BCUT2D eigenvalue weighted by molar-refractivity contribution is -0.118. The summed E-state index contributed by atoms with van der Waals surface area (Å²) in [5.74, 6) is -0.181. The molecule has 0 aliphatic heterocycles. The number of pyridine rings is 1. The highest BCUT2D eigenvalue weighted by Gasteiger charge is 2.39. The summed E-state index contributed by atoms with van der Waals surface area (Å²) in [6.07, 6.45) is -1.20. The highest BCUT2D eigenvalue weighted by molar-refractivity contribution is 7.12. The molecule has 48 heavy (non-hydrogen) atoms. The number of amides is 3. The number of hydrogen-bond acceptors (Lipinski definition) is 7. The number of nitriles is 1. The van der Waals surface area contributed by atoms with Gasteiger partial charge in [0.1, 0.15) is 23.9 Å². The van der Waals surface area contributed by atoms with Crippen LogP contribution in [0, 0.1) is 11.3 Å². The standard InChI is InChI=1S/C36H41N5O5SSi/c1-35(2,3)41(34(44)45)22-31(42)38-24-14-11-13-23(19-24)26-20-28(25-15-9-10-16-29(25)46-48(7,8)36(4,5)6)39-32(27(26)21-37)40-33(43)30-17-12-18-47-30/h9-20H,22H2,1-8H3,(H,38,42)(H,44,45)(H,39,40,43). The van der Waals surface area contributed by atoms with Gasteiger partial charge in [-0.15, -0.1) is 11.3 Å². The number of anilines is 2. The SMILES string of the molecule is CC(C)(C)N(CC(=O)Nc1cccc(-c2cc(-c3ccccc3O[Si](C)(C)C(C)(C)C)nc(NC(=O)c3cccs3)c2C#N)c1)C(=O)O. The molecule has 10 nitrogen and oxygen atoms in total. The van der Waals surface area contributed by atoms with Gasteiger partial charge in [0.2, 0.25) is 5.91 Å². The normalized spacial score (nSPS) is 11.7. The number of aromatic nitrogens is 1. The maximum Gasteiger partial charge on any atom is 0.408 e. The molecule has 2 aromatic heterocycles. The van der Waals surface area contributed by atoms with Crippen molar-refractivity contribution in [1.82, 2.24) is 9.88 Å². The predicted octanol–water partition coefficient (Wildman–Crippen LogP) is 8.70. The van der Waals surface area contributed by atoms with Crippen LogP contribution in [-0.2, 0) is 4.79 Å². The number of carbonyl (C=O) groups excluding carboxylic acids is 2.